The van der Waals surface area contributed by atoms with Crippen LogP contribution in [0.3, 0.4) is 0 Å². The molecule has 24 heavy (non-hydrogen) atoms. The molecule has 2 rings (SSSR count). The summed E-state index contributed by atoms with van der Waals surface area (Å²) in [5.41, 5.74) is -0.0971. The summed E-state index contributed by atoms with van der Waals surface area (Å²) in [6.45, 7) is 0. The number of hydrogen-bond acceptors (Lipinski definition) is 5. The van der Waals surface area contributed by atoms with Crippen LogP contribution in [-0.2, 0) is 16.8 Å². The van der Waals surface area contributed by atoms with Gasteiger partial charge >= 0.3 is 7.75 Å². The molecule has 0 aliphatic rings. The number of benzene rings is 2. The fourth-order valence-corrected chi connectivity index (χ4v) is 2.87. The second kappa shape index (κ2) is 6.80. The van der Waals surface area contributed by atoms with E-state index in [0.717, 1.165) is 0 Å². The maximum Gasteiger partial charge on any atom is 0.427 e. The number of aryl methyl sites for hydroxylation is 1. The van der Waals surface area contributed by atoms with Crippen LogP contribution in [0.4, 0.5) is 5.69 Å². The largest absolute Gasteiger partial charge is 0.508 e. The van der Waals surface area contributed by atoms with Crippen molar-refractivity contribution in [2.75, 3.05) is 5.09 Å². The molecule has 0 aromatic heterocycles. The topological polar surface area (TPSA) is 150 Å². The van der Waals surface area contributed by atoms with E-state index in [1.807, 2.05) is 5.09 Å². The van der Waals surface area contributed by atoms with Crippen LogP contribution in [0.2, 0.25) is 0 Å². The number of phenolic OH excluding ortho intramolecular Hbond substituents is 2. The molecule has 9 heteroatoms. The van der Waals surface area contributed by atoms with Crippen molar-refractivity contribution in [2.24, 2.45) is 0 Å². The third-order valence-corrected chi connectivity index (χ3v) is 3.91. The minimum atomic E-state index is -4.70. The van der Waals surface area contributed by atoms with Crippen molar-refractivity contribution in [3.05, 3.63) is 53.6 Å². The van der Waals surface area contributed by atoms with E-state index in [1.165, 1.54) is 30.3 Å². The van der Waals surface area contributed by atoms with Crippen LogP contribution in [-0.4, -0.2) is 30.2 Å². The summed E-state index contributed by atoms with van der Waals surface area (Å²) in [5, 5.41) is 41.8. The molecule has 2 aromatic carbocycles. The number of anilines is 1. The van der Waals surface area contributed by atoms with Crippen LogP contribution >= 0.6 is 7.75 Å². The molecule has 0 saturated carbocycles. The number of nitrogens with one attached hydrogen (secondary N) is 1. The fraction of sp³-hybridized carbons (Fsp3) is 0.200. The fourth-order valence-electron chi connectivity index (χ4n) is 2.37. The number of rotatable bonds is 6. The number of phenols is 2. The molecule has 0 aliphatic carbocycles. The molecule has 0 amide bonds. The molecule has 0 radical (unpaired) electrons. The van der Waals surface area contributed by atoms with Crippen molar-refractivity contribution in [1.29, 1.82) is 0 Å². The molecular formula is C15H18NO7P. The molecule has 8 nitrogen and oxygen atoms in total. The average Bonchev–Trinajstić information content (AvgIpc) is 2.43. The van der Waals surface area contributed by atoms with Gasteiger partial charge in [0.1, 0.15) is 11.5 Å². The Labute approximate surface area is 137 Å². The Hall–Kier alpha value is -2.09. The first-order valence-corrected chi connectivity index (χ1v) is 8.59. The van der Waals surface area contributed by atoms with Gasteiger partial charge in [0.05, 0.1) is 11.3 Å². The lowest BCUT2D eigenvalue weighted by molar-refractivity contribution is -0.174. The smallest absolute Gasteiger partial charge is 0.427 e. The highest BCUT2D eigenvalue weighted by Crippen LogP contribution is 2.43. The lowest BCUT2D eigenvalue weighted by Gasteiger charge is -2.26. The highest BCUT2D eigenvalue weighted by atomic mass is 31.2. The van der Waals surface area contributed by atoms with Crippen molar-refractivity contribution in [3.8, 4) is 11.5 Å². The summed E-state index contributed by atoms with van der Waals surface area (Å²) < 4.78 is 11.1. The first-order valence-electron chi connectivity index (χ1n) is 6.97. The van der Waals surface area contributed by atoms with Gasteiger partial charge in [0.15, 0.2) is 5.79 Å². The average molecular weight is 355 g/mol. The molecule has 0 unspecified atom stereocenters. The van der Waals surface area contributed by atoms with Crippen LogP contribution in [0, 0.1) is 0 Å². The van der Waals surface area contributed by atoms with Crippen molar-refractivity contribution in [1.82, 2.24) is 0 Å². The third kappa shape index (κ3) is 4.70. The van der Waals surface area contributed by atoms with E-state index in [2.05, 4.69) is 0 Å². The molecule has 0 fully saturated rings. The van der Waals surface area contributed by atoms with Crippen molar-refractivity contribution < 1.29 is 34.8 Å². The van der Waals surface area contributed by atoms with E-state index in [0.29, 0.717) is 5.56 Å². The summed E-state index contributed by atoms with van der Waals surface area (Å²) in [7, 11) is -4.70. The van der Waals surface area contributed by atoms with Crippen LogP contribution in [0.5, 0.6) is 11.5 Å². The Morgan fingerprint density at radius 2 is 1.71 bits per heavy atom. The van der Waals surface area contributed by atoms with E-state index in [-0.39, 0.29) is 24.3 Å². The summed E-state index contributed by atoms with van der Waals surface area (Å²) in [4.78, 5) is 18.0. The standard InChI is InChI=1S/C15H18NO7P/c17-11-4-1-3-10(9-11)7-8-15(19,20)14-12(16-24(21,22)23)5-2-6-13(14)18/h1-6,9,17-20H,7-8H2,(H3,16,21,22,23). The highest BCUT2D eigenvalue weighted by Gasteiger charge is 2.33. The summed E-state index contributed by atoms with van der Waals surface area (Å²) >= 11 is 0. The SMILES string of the molecule is O=P(O)(O)Nc1cccc(O)c1C(O)(O)CCc1cccc(O)c1. The molecule has 130 valence electrons. The lowest BCUT2D eigenvalue weighted by Crippen LogP contribution is -2.27. The minimum Gasteiger partial charge on any atom is -0.508 e. The molecule has 0 spiro atoms. The predicted molar refractivity (Wildman–Crippen MR) is 86.3 cm³/mol. The summed E-state index contributed by atoms with van der Waals surface area (Å²) in [6.07, 6.45) is -0.130. The van der Waals surface area contributed by atoms with Gasteiger partial charge in [0, 0.05) is 6.42 Å². The maximum atomic E-state index is 11.1. The van der Waals surface area contributed by atoms with Gasteiger partial charge in [-0.15, -0.1) is 0 Å². The quantitative estimate of drug-likeness (QED) is 0.303. The Kier molecular flexibility index (Phi) is 5.17. The third-order valence-electron chi connectivity index (χ3n) is 3.38. The van der Waals surface area contributed by atoms with E-state index < -0.39 is 24.8 Å². The van der Waals surface area contributed by atoms with Crippen LogP contribution < -0.4 is 5.09 Å². The van der Waals surface area contributed by atoms with Crippen LogP contribution in [0.25, 0.3) is 0 Å². The van der Waals surface area contributed by atoms with Crippen LogP contribution in [0.1, 0.15) is 17.5 Å². The summed E-state index contributed by atoms with van der Waals surface area (Å²) in [5.74, 6) is -3.04. The first kappa shape index (κ1) is 18.3. The van der Waals surface area contributed by atoms with Crippen molar-refractivity contribution >= 4 is 13.4 Å². The molecule has 0 heterocycles. The molecule has 0 saturated heterocycles. The predicted octanol–water partition coefficient (Wildman–Crippen LogP) is 1.37. The zero-order valence-corrected chi connectivity index (χ0v) is 13.4. The van der Waals surface area contributed by atoms with Crippen molar-refractivity contribution in [3.63, 3.8) is 0 Å². The molecule has 0 bridgehead atoms. The molecular weight excluding hydrogens is 337 g/mol. The number of aromatic hydroxyl groups is 2. The number of aliphatic hydroxyl groups is 2. The van der Waals surface area contributed by atoms with Gasteiger partial charge in [-0.25, -0.2) is 4.57 Å². The van der Waals surface area contributed by atoms with Gasteiger partial charge < -0.3 is 30.2 Å². The first-order chi connectivity index (χ1) is 11.1. The molecule has 0 atom stereocenters. The van der Waals surface area contributed by atoms with Gasteiger partial charge in [0.25, 0.3) is 0 Å². The van der Waals surface area contributed by atoms with Gasteiger partial charge in [-0.3, -0.25) is 5.09 Å². The Bertz CT molecular complexity index is 772. The second-order valence-corrected chi connectivity index (χ2v) is 6.65. The van der Waals surface area contributed by atoms with Gasteiger partial charge in [-0.05, 0) is 36.2 Å². The zero-order chi connectivity index (χ0) is 18.0. The Morgan fingerprint density at radius 1 is 1.04 bits per heavy atom. The molecule has 7 N–H and O–H groups in total. The maximum absolute atomic E-state index is 11.1. The highest BCUT2D eigenvalue weighted by molar-refractivity contribution is 7.53. The zero-order valence-electron chi connectivity index (χ0n) is 12.5. The monoisotopic (exact) mass is 355 g/mol. The Balaban J connectivity index is 2.29. The van der Waals surface area contributed by atoms with E-state index >= 15 is 0 Å². The van der Waals surface area contributed by atoms with Gasteiger partial charge in [-0.1, -0.05) is 18.2 Å². The van der Waals surface area contributed by atoms with E-state index in [4.69, 9.17) is 9.79 Å². The molecule has 2 aromatic rings. The Morgan fingerprint density at radius 3 is 2.33 bits per heavy atom. The minimum absolute atomic E-state index is 0.0281. The van der Waals surface area contributed by atoms with E-state index in [1.54, 1.807) is 12.1 Å². The number of hydrogen-bond donors (Lipinski definition) is 7. The lowest BCUT2D eigenvalue weighted by atomic mass is 9.96. The normalized spacial score (nSPS) is 12.2. The van der Waals surface area contributed by atoms with Crippen molar-refractivity contribution in [2.45, 2.75) is 18.6 Å². The van der Waals surface area contributed by atoms with E-state index in [9.17, 15) is 25.0 Å². The van der Waals surface area contributed by atoms with Gasteiger partial charge in [0.2, 0.25) is 0 Å². The van der Waals surface area contributed by atoms with Gasteiger partial charge in [-0.2, -0.15) is 0 Å². The van der Waals surface area contributed by atoms with Crippen LogP contribution in [0.15, 0.2) is 42.5 Å². The molecule has 0 aliphatic heterocycles. The second-order valence-electron chi connectivity index (χ2n) is 5.34. The summed E-state index contributed by atoms with van der Waals surface area (Å²) in [6, 6.07) is 9.90.